The average Bonchev–Trinajstić information content (AvgIpc) is 3.10. The zero-order valence-electron chi connectivity index (χ0n) is 32.7. The molecule has 2 saturated heterocycles. The topological polar surface area (TPSA) is 196 Å². The summed E-state index contributed by atoms with van der Waals surface area (Å²) in [4.78, 5) is 13.0. The molecular weight excluding hydrogens is 684 g/mol. The molecule has 0 aromatic rings. The number of hydrogen-bond donors (Lipinski definition) is 7. The van der Waals surface area contributed by atoms with Crippen LogP contribution in [0.1, 0.15) is 113 Å². The standard InChI is InChI=1S/C41H66O12/c1-21-28(44)30(46)31(47)33(51-21)53-32-29(45)24(43)19-50-34(32)52-27-11-12-37(4)25(38(27,5)20-42)10-13-40(7)26(37)9-8-22-23-18-36(2,3)14-16-41(23,35(48)49)17-15-39(22,40)6/h8,21,23-34,42-47H,9-20H2,1-7H3,(H,48,49)/t21-,23+,24-,25-,26+,27+,28-,29-,30+,31+,32+,33-,34-,37-,38-,39+,40+,41-/m0/s1. The quantitative estimate of drug-likeness (QED) is 0.155. The van der Waals surface area contributed by atoms with E-state index in [-0.39, 0.29) is 46.7 Å². The van der Waals surface area contributed by atoms with E-state index in [2.05, 4.69) is 47.6 Å². The molecule has 0 radical (unpaired) electrons. The number of carboxylic acids is 1. The Labute approximate surface area is 314 Å². The highest BCUT2D eigenvalue weighted by Crippen LogP contribution is 2.76. The van der Waals surface area contributed by atoms with E-state index < -0.39 is 78.2 Å². The van der Waals surface area contributed by atoms with Crippen LogP contribution in [-0.2, 0) is 23.7 Å². The van der Waals surface area contributed by atoms with Crippen molar-refractivity contribution < 1.29 is 59.5 Å². The number of fused-ring (bicyclic) bond motifs is 7. The van der Waals surface area contributed by atoms with Crippen molar-refractivity contribution >= 4 is 5.97 Å². The minimum Gasteiger partial charge on any atom is -0.481 e. The lowest BCUT2D eigenvalue weighted by Crippen LogP contribution is -2.67. The second-order valence-electron chi connectivity index (χ2n) is 20.0. The first-order valence-electron chi connectivity index (χ1n) is 20.2. The molecule has 18 atom stereocenters. The number of aliphatic hydroxyl groups is 6. The van der Waals surface area contributed by atoms with Crippen LogP contribution in [0.4, 0.5) is 0 Å². The average molecular weight is 751 g/mol. The van der Waals surface area contributed by atoms with Crippen LogP contribution in [0.3, 0.4) is 0 Å². The van der Waals surface area contributed by atoms with E-state index >= 15 is 0 Å². The van der Waals surface area contributed by atoms with Gasteiger partial charge in [-0.1, -0.05) is 53.2 Å². The lowest BCUT2D eigenvalue weighted by molar-refractivity contribution is -0.365. The van der Waals surface area contributed by atoms with Crippen LogP contribution < -0.4 is 0 Å². The lowest BCUT2D eigenvalue weighted by Gasteiger charge is -2.71. The molecule has 0 spiro atoms. The molecule has 12 nitrogen and oxygen atoms in total. The zero-order valence-corrected chi connectivity index (χ0v) is 32.7. The molecule has 6 fully saturated rings. The van der Waals surface area contributed by atoms with Crippen molar-refractivity contribution in [3.8, 4) is 0 Å². The molecule has 12 heteroatoms. The molecule has 5 aliphatic carbocycles. The summed E-state index contributed by atoms with van der Waals surface area (Å²) in [5.41, 5.74) is -0.239. The largest absolute Gasteiger partial charge is 0.481 e. The summed E-state index contributed by atoms with van der Waals surface area (Å²) in [5, 5.41) is 74.9. The minimum atomic E-state index is -1.62. The summed E-state index contributed by atoms with van der Waals surface area (Å²) in [5.74, 6) is -0.194. The summed E-state index contributed by atoms with van der Waals surface area (Å²) < 4.78 is 24.3. The van der Waals surface area contributed by atoms with Crippen LogP contribution in [0.25, 0.3) is 0 Å². The maximum atomic E-state index is 13.0. The number of aliphatic hydroxyl groups excluding tert-OH is 6. The third-order valence-corrected chi connectivity index (χ3v) is 17.0. The van der Waals surface area contributed by atoms with Crippen molar-refractivity contribution in [2.24, 2.45) is 50.2 Å². The number of ether oxygens (including phenoxy) is 4. The monoisotopic (exact) mass is 750 g/mol. The number of hydrogen-bond acceptors (Lipinski definition) is 11. The highest BCUT2D eigenvalue weighted by molar-refractivity contribution is 5.76. The summed E-state index contributed by atoms with van der Waals surface area (Å²) in [6.45, 7) is 15.1. The van der Waals surface area contributed by atoms with Gasteiger partial charge in [-0.15, -0.1) is 0 Å². The molecule has 7 N–H and O–H groups in total. The number of aliphatic carboxylic acids is 1. The van der Waals surface area contributed by atoms with Crippen LogP contribution in [0, 0.1) is 50.2 Å². The van der Waals surface area contributed by atoms with E-state index in [0.717, 1.165) is 51.4 Å². The molecule has 2 heterocycles. The Morgan fingerprint density at radius 1 is 0.830 bits per heavy atom. The van der Waals surface area contributed by atoms with Gasteiger partial charge in [-0.2, -0.15) is 0 Å². The van der Waals surface area contributed by atoms with Crippen LogP contribution in [0.5, 0.6) is 0 Å². The Hall–Kier alpha value is -1.19. The normalized spacial score (nSPS) is 55.1. The fraction of sp³-hybridized carbons (Fsp3) is 0.927. The van der Waals surface area contributed by atoms with Gasteiger partial charge >= 0.3 is 5.97 Å². The van der Waals surface area contributed by atoms with E-state index in [1.807, 2.05) is 0 Å². The molecule has 302 valence electrons. The third kappa shape index (κ3) is 5.85. The third-order valence-electron chi connectivity index (χ3n) is 17.0. The van der Waals surface area contributed by atoms with Gasteiger partial charge in [-0.05, 0) is 111 Å². The Balaban J connectivity index is 1.15. The highest BCUT2D eigenvalue weighted by Gasteiger charge is 2.70. The van der Waals surface area contributed by atoms with Gasteiger partial charge in [0, 0.05) is 5.41 Å². The van der Waals surface area contributed by atoms with Gasteiger partial charge in [0.1, 0.15) is 36.6 Å². The maximum Gasteiger partial charge on any atom is 0.310 e. The molecule has 7 aliphatic rings. The molecule has 0 bridgehead atoms. The molecule has 7 rings (SSSR count). The van der Waals surface area contributed by atoms with Crippen molar-refractivity contribution in [3.63, 3.8) is 0 Å². The van der Waals surface area contributed by atoms with E-state index in [9.17, 15) is 40.5 Å². The zero-order chi connectivity index (χ0) is 38.7. The lowest BCUT2D eigenvalue weighted by atomic mass is 9.33. The SMILES string of the molecule is C[C@@H]1O[C@@H](O[C@H]2[C@H](O[C@@H]3CC[C@@]4(C)[C@H](CC[C@]5(C)[C@@H]4CC=C4[C@H]6CC(C)(C)CC[C@]6(C(=O)O)CC[C@]45C)[C@]3(C)CO)OC[C@H](O)[C@@H]2O)[C@H](O)[C@H](O)[C@H]1O. The van der Waals surface area contributed by atoms with Crippen molar-refractivity contribution in [2.75, 3.05) is 13.2 Å². The van der Waals surface area contributed by atoms with Gasteiger partial charge in [0.25, 0.3) is 0 Å². The van der Waals surface area contributed by atoms with Gasteiger partial charge in [-0.3, -0.25) is 4.79 Å². The Morgan fingerprint density at radius 2 is 1.53 bits per heavy atom. The minimum absolute atomic E-state index is 0.0360. The molecule has 53 heavy (non-hydrogen) atoms. The van der Waals surface area contributed by atoms with Gasteiger partial charge in [0.15, 0.2) is 12.6 Å². The van der Waals surface area contributed by atoms with E-state index in [1.165, 1.54) is 12.5 Å². The van der Waals surface area contributed by atoms with Gasteiger partial charge in [0.05, 0.1) is 30.8 Å². The van der Waals surface area contributed by atoms with Crippen molar-refractivity contribution in [2.45, 2.75) is 174 Å². The van der Waals surface area contributed by atoms with E-state index in [4.69, 9.17) is 18.9 Å². The molecule has 0 aromatic heterocycles. The molecule has 0 amide bonds. The van der Waals surface area contributed by atoms with Crippen molar-refractivity contribution in [1.82, 2.24) is 0 Å². The summed E-state index contributed by atoms with van der Waals surface area (Å²) >= 11 is 0. The van der Waals surface area contributed by atoms with Gasteiger partial charge in [-0.25, -0.2) is 0 Å². The molecule has 2 aliphatic heterocycles. The second-order valence-corrected chi connectivity index (χ2v) is 20.0. The Morgan fingerprint density at radius 3 is 2.21 bits per heavy atom. The predicted octanol–water partition coefficient (Wildman–Crippen LogP) is 3.52. The number of rotatable bonds is 6. The first kappa shape index (κ1) is 40.0. The maximum absolute atomic E-state index is 13.0. The molecular formula is C41H66O12. The van der Waals surface area contributed by atoms with E-state index in [0.29, 0.717) is 18.8 Å². The van der Waals surface area contributed by atoms with E-state index in [1.54, 1.807) is 0 Å². The van der Waals surface area contributed by atoms with Crippen molar-refractivity contribution in [3.05, 3.63) is 11.6 Å². The van der Waals surface area contributed by atoms with Gasteiger partial charge < -0.3 is 54.7 Å². The Kier molecular flexibility index (Phi) is 10.2. The molecule has 0 unspecified atom stereocenters. The Bertz CT molecular complexity index is 1440. The fourth-order valence-electron chi connectivity index (χ4n) is 13.3. The van der Waals surface area contributed by atoms with Crippen LogP contribution >= 0.6 is 0 Å². The summed E-state index contributed by atoms with van der Waals surface area (Å²) in [6.07, 6.45) is -1.79. The fourth-order valence-corrected chi connectivity index (χ4v) is 13.3. The number of carbonyl (C=O) groups is 1. The van der Waals surface area contributed by atoms with Crippen molar-refractivity contribution in [1.29, 1.82) is 0 Å². The first-order valence-corrected chi connectivity index (χ1v) is 20.2. The number of allylic oxidation sites excluding steroid dienone is 2. The summed E-state index contributed by atoms with van der Waals surface area (Å²) in [6, 6.07) is 0. The smallest absolute Gasteiger partial charge is 0.310 e. The van der Waals surface area contributed by atoms with Crippen LogP contribution in [-0.4, -0.2) is 116 Å². The highest BCUT2D eigenvalue weighted by atomic mass is 16.8. The second kappa shape index (κ2) is 13.5. The summed E-state index contributed by atoms with van der Waals surface area (Å²) in [7, 11) is 0. The first-order chi connectivity index (χ1) is 24.7. The predicted molar refractivity (Wildman–Crippen MR) is 192 cm³/mol. The molecule has 4 saturated carbocycles. The van der Waals surface area contributed by atoms with Crippen LogP contribution in [0.2, 0.25) is 0 Å². The van der Waals surface area contributed by atoms with Crippen LogP contribution in [0.15, 0.2) is 11.6 Å². The molecule has 0 aromatic carbocycles. The van der Waals surface area contributed by atoms with Gasteiger partial charge in [0.2, 0.25) is 0 Å². The number of carboxylic acid groups (broad SMARTS) is 1.